The van der Waals surface area contributed by atoms with Gasteiger partial charge in [0, 0.05) is 56.3 Å². The van der Waals surface area contributed by atoms with Gasteiger partial charge in [0.15, 0.2) is 0 Å². The summed E-state index contributed by atoms with van der Waals surface area (Å²) in [6.45, 7) is 16.4. The third kappa shape index (κ3) is 10.1. The highest BCUT2D eigenvalue weighted by Crippen LogP contribution is 2.59. The standard InChI is InChI=1S/C78H70N2O10/c1-43(2)53-35-47(23-21-33-81)36-54(44(3)4)73(53)79-75(83)57-39-61(87-49-25-13-9-14-26-49)67-69-63(89-51-29-17-11-18-30-51)41-59-66-60(78(86)80(77(59)85)74-55(45(5)6)37-48(24-22-34-82)38-56(74)46(7)8)42-64(90-52-31-19-12-20-32-52)70(72(66)69)68-62(88-50-27-15-10-16-28-50)40-58(76(79)84)65(57)71(67)68/h9-20,25-32,35-46,81-82H,21-24,33-34H2,1-8H3. The van der Waals surface area contributed by atoms with Crippen molar-refractivity contribution >= 4 is 78.1 Å². The number of para-hydroxylation sites is 4. The lowest BCUT2D eigenvalue weighted by Crippen LogP contribution is -2.42. The lowest BCUT2D eigenvalue weighted by Gasteiger charge is -2.35. The minimum absolute atomic E-state index is 0.0153. The van der Waals surface area contributed by atoms with Crippen molar-refractivity contribution in [3.05, 3.63) is 225 Å². The summed E-state index contributed by atoms with van der Waals surface area (Å²) >= 11 is 0. The molecule has 0 aromatic heterocycles. The van der Waals surface area contributed by atoms with E-state index >= 15 is 19.2 Å². The average molecular weight is 1200 g/mol. The quantitative estimate of drug-likeness (QED) is 0.0428. The van der Waals surface area contributed by atoms with Crippen molar-refractivity contribution < 1.29 is 48.3 Å². The fraction of sp³-hybridized carbons (Fsp3) is 0.231. The monoisotopic (exact) mass is 1190 g/mol. The second kappa shape index (κ2) is 23.9. The van der Waals surface area contributed by atoms with Crippen molar-refractivity contribution in [1.82, 2.24) is 0 Å². The molecule has 0 radical (unpaired) electrons. The fourth-order valence-corrected chi connectivity index (χ4v) is 13.3. The normalized spacial score (nSPS) is 13.3. The Balaban J connectivity index is 1.22. The molecule has 0 aliphatic carbocycles. The number of nitrogens with zero attached hydrogens (tertiary/aromatic N) is 2. The number of hydrogen-bond acceptors (Lipinski definition) is 10. The molecular weight excluding hydrogens is 1120 g/mol. The van der Waals surface area contributed by atoms with Crippen molar-refractivity contribution in [3.8, 4) is 46.0 Å². The van der Waals surface area contributed by atoms with E-state index in [1.54, 1.807) is 24.3 Å². The average Bonchev–Trinajstić information content (AvgIpc) is 0.673. The summed E-state index contributed by atoms with van der Waals surface area (Å²) in [5, 5.41) is 23.1. The lowest BCUT2D eigenvalue weighted by molar-refractivity contribution is 0.0877. The molecule has 0 unspecified atom stereocenters. The molecule has 4 amide bonds. The molecule has 11 aromatic rings. The molecule has 12 heteroatoms. The number of anilines is 2. The van der Waals surface area contributed by atoms with Crippen LogP contribution in [0.2, 0.25) is 0 Å². The van der Waals surface area contributed by atoms with Crippen LogP contribution in [-0.2, 0) is 12.8 Å². The molecule has 2 heterocycles. The van der Waals surface area contributed by atoms with E-state index in [1.165, 1.54) is 9.80 Å². The number of carbonyl (C=O) groups excluding carboxylic acids is 4. The molecule has 0 bridgehead atoms. The summed E-state index contributed by atoms with van der Waals surface area (Å²) in [7, 11) is 0. The molecule has 0 saturated heterocycles. The summed E-state index contributed by atoms with van der Waals surface area (Å²) in [5.41, 5.74) is 6.97. The Morgan fingerprint density at radius 1 is 0.322 bits per heavy atom. The number of imide groups is 2. The number of benzene rings is 11. The first-order chi connectivity index (χ1) is 43.6. The van der Waals surface area contributed by atoms with E-state index in [0.717, 1.165) is 33.4 Å². The summed E-state index contributed by atoms with van der Waals surface area (Å²) < 4.78 is 28.8. The Kier molecular flexibility index (Phi) is 15.7. The zero-order valence-corrected chi connectivity index (χ0v) is 51.8. The highest BCUT2D eigenvalue weighted by Gasteiger charge is 2.44. The first kappa shape index (κ1) is 59.1. The first-order valence-corrected chi connectivity index (χ1v) is 31.2. The van der Waals surface area contributed by atoms with Crippen LogP contribution in [0.15, 0.2) is 170 Å². The Morgan fingerprint density at radius 2 is 0.556 bits per heavy atom. The minimum Gasteiger partial charge on any atom is -0.457 e. The number of hydrogen-bond donors (Lipinski definition) is 2. The Labute approximate surface area is 523 Å². The van der Waals surface area contributed by atoms with Gasteiger partial charge in [0.2, 0.25) is 0 Å². The second-order valence-corrected chi connectivity index (χ2v) is 24.8. The van der Waals surface area contributed by atoms with Crippen LogP contribution in [0, 0.1) is 0 Å². The third-order valence-electron chi connectivity index (χ3n) is 17.4. The van der Waals surface area contributed by atoms with Crippen LogP contribution in [-0.4, -0.2) is 47.1 Å². The number of fused-ring (bicyclic) bond motifs is 2. The number of rotatable bonds is 20. The maximum absolute atomic E-state index is 16.4. The zero-order chi connectivity index (χ0) is 62.8. The Hall–Kier alpha value is -9.88. The molecule has 2 N–H and O–H groups in total. The van der Waals surface area contributed by atoms with Gasteiger partial charge in [0.25, 0.3) is 23.6 Å². The van der Waals surface area contributed by atoms with Crippen molar-refractivity contribution in [1.29, 1.82) is 0 Å². The van der Waals surface area contributed by atoms with Gasteiger partial charge in [-0.1, -0.05) is 152 Å². The summed E-state index contributed by atoms with van der Waals surface area (Å²) in [6.07, 6.45) is 2.30. The van der Waals surface area contributed by atoms with Crippen molar-refractivity contribution in [2.24, 2.45) is 0 Å². The van der Waals surface area contributed by atoms with Gasteiger partial charge < -0.3 is 29.2 Å². The van der Waals surface area contributed by atoms with E-state index in [-0.39, 0.29) is 82.1 Å². The molecule has 0 atom stereocenters. The van der Waals surface area contributed by atoms with Gasteiger partial charge >= 0.3 is 0 Å². The molecule has 12 nitrogen and oxygen atoms in total. The molecule has 13 rings (SSSR count). The number of aryl methyl sites for hydroxylation is 2. The molecule has 11 aromatic carbocycles. The highest BCUT2D eigenvalue weighted by atomic mass is 16.5. The van der Waals surface area contributed by atoms with Crippen molar-refractivity contribution in [2.75, 3.05) is 23.0 Å². The molecule has 2 aliphatic rings. The van der Waals surface area contributed by atoms with Crippen molar-refractivity contribution in [2.45, 2.75) is 105 Å². The van der Waals surface area contributed by atoms with Gasteiger partial charge in [0.05, 0.1) is 33.6 Å². The molecule has 90 heavy (non-hydrogen) atoms. The zero-order valence-electron chi connectivity index (χ0n) is 51.8. The number of carbonyl (C=O) groups is 4. The van der Waals surface area contributed by atoms with Gasteiger partial charge in [-0.15, -0.1) is 0 Å². The number of aliphatic hydroxyl groups excluding tert-OH is 2. The Morgan fingerprint density at radius 3 is 0.767 bits per heavy atom. The van der Waals surface area contributed by atoms with E-state index in [1.807, 2.05) is 121 Å². The topological polar surface area (TPSA) is 152 Å². The van der Waals surface area contributed by atoms with Crippen LogP contribution in [0.25, 0.3) is 43.1 Å². The van der Waals surface area contributed by atoms with Crippen LogP contribution in [0.4, 0.5) is 11.4 Å². The number of amides is 4. The van der Waals surface area contributed by atoms with Crippen LogP contribution in [0.3, 0.4) is 0 Å². The molecular formula is C78H70N2O10. The van der Waals surface area contributed by atoms with E-state index < -0.39 is 23.6 Å². The van der Waals surface area contributed by atoms with Crippen LogP contribution >= 0.6 is 0 Å². The summed E-state index contributed by atoms with van der Waals surface area (Å²) in [6, 6.07) is 52.1. The predicted octanol–water partition coefficient (Wildman–Crippen LogP) is 18.9. The number of ether oxygens (including phenoxy) is 4. The van der Waals surface area contributed by atoms with Gasteiger partial charge in [-0.3, -0.25) is 19.2 Å². The van der Waals surface area contributed by atoms with Gasteiger partial charge in [0.1, 0.15) is 46.0 Å². The summed E-state index contributed by atoms with van der Waals surface area (Å²) in [4.78, 5) is 68.2. The maximum atomic E-state index is 16.4. The van der Waals surface area contributed by atoms with Crippen LogP contribution in [0.5, 0.6) is 46.0 Å². The molecule has 0 fully saturated rings. The van der Waals surface area contributed by atoms with E-state index in [9.17, 15) is 10.2 Å². The Bertz CT molecular complexity index is 4090. The summed E-state index contributed by atoms with van der Waals surface area (Å²) in [5.74, 6) is -0.161. The van der Waals surface area contributed by atoms with E-state index in [0.29, 0.717) is 103 Å². The lowest BCUT2D eigenvalue weighted by atomic mass is 9.80. The molecule has 2 aliphatic heterocycles. The smallest absolute Gasteiger partial charge is 0.266 e. The van der Waals surface area contributed by atoms with Gasteiger partial charge in [-0.2, -0.15) is 0 Å². The number of aliphatic hydroxyl groups is 2. The highest BCUT2D eigenvalue weighted by molar-refractivity contribution is 6.48. The van der Waals surface area contributed by atoms with E-state index in [4.69, 9.17) is 18.9 Å². The van der Waals surface area contributed by atoms with Gasteiger partial charge in [-0.25, -0.2) is 9.80 Å². The maximum Gasteiger partial charge on any atom is 0.266 e. The fourth-order valence-electron chi connectivity index (χ4n) is 13.3. The molecule has 0 saturated carbocycles. The SMILES string of the molecule is CC(C)c1cc(CCCO)cc(C(C)C)c1N1C(=O)c2cc(Oc3ccccc3)c3c4c(Oc5ccccc5)cc5c6c(cc(Oc7ccccc7)c(c7c(Oc8ccccc8)cc(c2c37)C1=O)c64)C(=O)N(c1c(C(C)C)cc(CCCO)cc1C(C)C)C5=O. The molecule has 452 valence electrons. The van der Waals surface area contributed by atoms with Crippen LogP contribution in [0.1, 0.15) is 167 Å². The van der Waals surface area contributed by atoms with Crippen molar-refractivity contribution in [3.63, 3.8) is 0 Å². The molecule has 0 spiro atoms. The second-order valence-electron chi connectivity index (χ2n) is 24.8. The first-order valence-electron chi connectivity index (χ1n) is 31.2. The minimum atomic E-state index is -0.566. The third-order valence-corrected chi connectivity index (χ3v) is 17.4. The van der Waals surface area contributed by atoms with Crippen LogP contribution < -0.4 is 28.7 Å². The predicted molar refractivity (Wildman–Crippen MR) is 356 cm³/mol. The van der Waals surface area contributed by atoms with Gasteiger partial charge in [-0.05, 0) is 156 Å². The largest absolute Gasteiger partial charge is 0.457 e. The van der Waals surface area contributed by atoms with E-state index in [2.05, 4.69) is 79.7 Å².